The minimum absolute atomic E-state index is 0.479. The second kappa shape index (κ2) is 13.9. The fourth-order valence-electron chi connectivity index (χ4n) is 3.47. The number of nitroso groups, excluding NO2 is 1. The molecule has 2 amide bonds. The lowest BCUT2D eigenvalue weighted by Crippen LogP contribution is -2.69. The first-order chi connectivity index (χ1) is 17.1. The van der Waals surface area contributed by atoms with Gasteiger partial charge in [-0.3, -0.25) is 28.8 Å². The molecule has 1 rings (SSSR count). The molecule has 1 aliphatic rings. The summed E-state index contributed by atoms with van der Waals surface area (Å²) in [5.41, 5.74) is 0. The van der Waals surface area contributed by atoms with Gasteiger partial charge >= 0.3 is 23.9 Å². The van der Waals surface area contributed by atoms with Gasteiger partial charge in [0, 0.05) is 51.1 Å². The van der Waals surface area contributed by atoms with Crippen LogP contribution in [0, 0.1) is 4.91 Å². The molecule has 0 bridgehead atoms. The van der Waals surface area contributed by atoms with E-state index in [1.807, 2.05) is 0 Å². The summed E-state index contributed by atoms with van der Waals surface area (Å²) >= 11 is 0.490. The third kappa shape index (κ3) is 9.95. The molecule has 1 heterocycles. The van der Waals surface area contributed by atoms with Gasteiger partial charge in [0.2, 0.25) is 18.1 Å². The van der Waals surface area contributed by atoms with E-state index in [0.717, 1.165) is 34.6 Å². The lowest BCUT2D eigenvalue weighted by Gasteiger charge is -2.45. The van der Waals surface area contributed by atoms with Gasteiger partial charge in [0.05, 0.1) is 4.75 Å². The molecule has 0 aromatic heterocycles. The van der Waals surface area contributed by atoms with E-state index in [4.69, 9.17) is 23.7 Å². The fraction of sp³-hybridized carbons (Fsp3) is 0.714. The van der Waals surface area contributed by atoms with E-state index in [-0.39, 0.29) is 0 Å². The summed E-state index contributed by atoms with van der Waals surface area (Å²) in [6.45, 7) is 7.91. The summed E-state index contributed by atoms with van der Waals surface area (Å²) in [5, 5.41) is 4.92. The van der Waals surface area contributed by atoms with Crippen LogP contribution in [0.15, 0.2) is 4.58 Å². The van der Waals surface area contributed by atoms with Crippen LogP contribution in [0.1, 0.15) is 48.5 Å². The zero-order chi connectivity index (χ0) is 28.5. The molecule has 0 aromatic rings. The quantitative estimate of drug-likeness (QED) is 0.150. The van der Waals surface area contributed by atoms with Crippen molar-refractivity contribution in [2.24, 2.45) is 4.58 Å². The van der Waals surface area contributed by atoms with Crippen molar-refractivity contribution in [2.75, 3.05) is 6.61 Å². The van der Waals surface area contributed by atoms with Crippen LogP contribution < -0.4 is 10.6 Å². The average Bonchev–Trinajstić information content (AvgIpc) is 2.73. The second-order valence-electron chi connectivity index (χ2n) is 8.54. The molecule has 0 aliphatic carbocycles. The van der Waals surface area contributed by atoms with Crippen molar-refractivity contribution < 1.29 is 52.5 Å². The molecule has 0 saturated carbocycles. The number of nitrogens with zero attached hydrogens (tertiary/aromatic N) is 1. The largest absolute Gasteiger partial charge is 0.463 e. The minimum atomic E-state index is -1.61. The smallest absolute Gasteiger partial charge is 0.305 e. The monoisotopic (exact) mass is 549 g/mol. The molecule has 1 fully saturated rings. The Hall–Kier alpha value is -3.27. The van der Waals surface area contributed by atoms with Crippen molar-refractivity contribution in [1.29, 1.82) is 0 Å². The molecule has 0 unspecified atom stereocenters. The summed E-state index contributed by atoms with van der Waals surface area (Å²) in [7, 11) is 0. The first kappa shape index (κ1) is 31.8. The van der Waals surface area contributed by atoms with Crippen LogP contribution in [0.3, 0.4) is 0 Å². The van der Waals surface area contributed by atoms with Crippen molar-refractivity contribution >= 4 is 47.6 Å². The summed E-state index contributed by atoms with van der Waals surface area (Å²) < 4.78 is 28.0. The molecule has 0 aromatic carbocycles. The number of rotatable bonds is 11. The molecule has 2 N–H and O–H groups in total. The molecule has 16 heteroatoms. The molecule has 15 nitrogen and oxygen atoms in total. The maximum atomic E-state index is 13.4. The Morgan fingerprint density at radius 3 is 1.89 bits per heavy atom. The molecule has 1 aliphatic heterocycles. The van der Waals surface area contributed by atoms with Gasteiger partial charge in [-0.15, -0.1) is 4.91 Å². The first-order valence-electron chi connectivity index (χ1n) is 11.0. The highest BCUT2D eigenvalue weighted by molar-refractivity contribution is 7.99. The molecule has 6 atom stereocenters. The van der Waals surface area contributed by atoms with Crippen molar-refractivity contribution in [3.8, 4) is 0 Å². The van der Waals surface area contributed by atoms with Crippen LogP contribution in [0.4, 0.5) is 0 Å². The molecule has 0 radical (unpaired) electrons. The summed E-state index contributed by atoms with van der Waals surface area (Å²) in [6.07, 6.45) is -5.80. The Labute approximate surface area is 217 Å². The third-order valence-electron chi connectivity index (χ3n) is 4.87. The maximum Gasteiger partial charge on any atom is 0.305 e. The Bertz CT molecular complexity index is 911. The summed E-state index contributed by atoms with van der Waals surface area (Å²) in [5.74, 6) is -4.71. The number of carbonyl (C=O) groups is 6. The van der Waals surface area contributed by atoms with E-state index < -0.39 is 83.7 Å². The van der Waals surface area contributed by atoms with E-state index in [1.165, 1.54) is 13.8 Å². The van der Waals surface area contributed by atoms with Crippen LogP contribution in [0.25, 0.3) is 0 Å². The van der Waals surface area contributed by atoms with Crippen LogP contribution in [-0.4, -0.2) is 83.7 Å². The predicted octanol–water partition coefficient (Wildman–Crippen LogP) is -0.116. The van der Waals surface area contributed by atoms with Crippen molar-refractivity contribution in [2.45, 2.75) is 89.9 Å². The van der Waals surface area contributed by atoms with Crippen LogP contribution in [0.5, 0.6) is 0 Å². The number of carbonyl (C=O) groups excluding carboxylic acids is 6. The molecule has 0 spiro atoms. The zero-order valence-electron chi connectivity index (χ0n) is 21.4. The first-order valence-corrected chi connectivity index (χ1v) is 11.7. The number of esters is 4. The highest BCUT2D eigenvalue weighted by Gasteiger charge is 2.53. The van der Waals surface area contributed by atoms with E-state index >= 15 is 0 Å². The number of hydrogen-bond donors (Lipinski definition) is 2. The Balaban J connectivity index is 3.54. The van der Waals surface area contributed by atoms with Crippen LogP contribution >= 0.6 is 11.9 Å². The average molecular weight is 550 g/mol. The van der Waals surface area contributed by atoms with Gasteiger partial charge in [0.25, 0.3) is 0 Å². The fourth-order valence-corrected chi connectivity index (χ4v) is 3.94. The van der Waals surface area contributed by atoms with Gasteiger partial charge in [-0.05, 0) is 13.8 Å². The SMILES string of the molecule is CC(=O)N[C@H](C(=O)N[C@@H]1[C@H](OC(C)=O)O[C@@H](COC(C)=O)[C@@H](OC(C)=O)[C@@H]1OC(C)=O)C(C)(C)SN=O. The zero-order valence-corrected chi connectivity index (χ0v) is 22.2. The van der Waals surface area contributed by atoms with Crippen LogP contribution in [0.2, 0.25) is 0 Å². The number of amides is 2. The van der Waals surface area contributed by atoms with Gasteiger partial charge in [0.15, 0.2) is 12.2 Å². The molecule has 208 valence electrons. The van der Waals surface area contributed by atoms with Crippen molar-refractivity contribution in [3.63, 3.8) is 0 Å². The molecule has 37 heavy (non-hydrogen) atoms. The van der Waals surface area contributed by atoms with E-state index in [0.29, 0.717) is 11.9 Å². The van der Waals surface area contributed by atoms with Crippen LogP contribution in [-0.2, 0) is 52.5 Å². The lowest BCUT2D eigenvalue weighted by atomic mass is 9.94. The van der Waals surface area contributed by atoms with Gasteiger partial charge in [0.1, 0.15) is 24.8 Å². The van der Waals surface area contributed by atoms with E-state index in [9.17, 15) is 33.7 Å². The third-order valence-corrected chi connectivity index (χ3v) is 5.65. The standard InChI is InChI=1S/C21H31N3O12S/c1-9(25)22-18(21(6,7)37-24-31)19(30)23-15-17(34-12(4)28)16(33-11(3)27)14(8-32-10(2)26)36-20(15)35-13(5)29/h14-18,20H,8H2,1-7H3,(H,22,25)(H,23,30)/t14-,15-,16+,17+,18+,20+/m0/s1. The molecule has 1 saturated heterocycles. The normalized spacial score (nSPS) is 24.0. The van der Waals surface area contributed by atoms with Gasteiger partial charge in [-0.1, -0.05) is 0 Å². The minimum Gasteiger partial charge on any atom is -0.463 e. The number of hydrogen-bond acceptors (Lipinski definition) is 14. The Kier molecular flexibility index (Phi) is 11.9. The maximum absolute atomic E-state index is 13.4. The Morgan fingerprint density at radius 1 is 0.892 bits per heavy atom. The molecular formula is C21H31N3O12S. The summed E-state index contributed by atoms with van der Waals surface area (Å²) in [4.78, 5) is 83.1. The van der Waals surface area contributed by atoms with E-state index in [1.54, 1.807) is 0 Å². The number of nitrogens with one attached hydrogen (secondary N) is 2. The lowest BCUT2D eigenvalue weighted by molar-refractivity contribution is -0.271. The highest BCUT2D eigenvalue weighted by Crippen LogP contribution is 2.31. The number of ether oxygens (including phenoxy) is 5. The van der Waals surface area contributed by atoms with Gasteiger partial charge in [-0.2, -0.15) is 0 Å². The van der Waals surface area contributed by atoms with Gasteiger partial charge < -0.3 is 34.3 Å². The van der Waals surface area contributed by atoms with Crippen molar-refractivity contribution in [1.82, 2.24) is 10.6 Å². The molecular weight excluding hydrogens is 518 g/mol. The van der Waals surface area contributed by atoms with E-state index in [2.05, 4.69) is 15.2 Å². The Morgan fingerprint density at radius 2 is 1.43 bits per heavy atom. The highest BCUT2D eigenvalue weighted by atomic mass is 32.2. The van der Waals surface area contributed by atoms with Crippen molar-refractivity contribution in [3.05, 3.63) is 4.91 Å². The predicted molar refractivity (Wildman–Crippen MR) is 125 cm³/mol. The second-order valence-corrected chi connectivity index (χ2v) is 9.92. The van der Waals surface area contributed by atoms with Gasteiger partial charge in [-0.25, -0.2) is 0 Å². The topological polar surface area (TPSA) is 202 Å². The summed E-state index contributed by atoms with van der Waals surface area (Å²) in [6, 6.07) is -2.82.